The van der Waals surface area contributed by atoms with E-state index < -0.39 is 23.5 Å². The summed E-state index contributed by atoms with van der Waals surface area (Å²) in [4.78, 5) is 27.7. The summed E-state index contributed by atoms with van der Waals surface area (Å²) in [5, 5.41) is 21.1. The van der Waals surface area contributed by atoms with Crippen LogP contribution in [0.3, 0.4) is 0 Å². The Balaban J connectivity index is 1.61. The fourth-order valence-electron chi connectivity index (χ4n) is 3.85. The summed E-state index contributed by atoms with van der Waals surface area (Å²) < 4.78 is 11.1. The first-order valence-electron chi connectivity index (χ1n) is 9.61. The number of aromatic hydroxyl groups is 1. The van der Waals surface area contributed by atoms with Crippen LogP contribution in [-0.2, 0) is 11.3 Å². The third kappa shape index (κ3) is 3.16. The van der Waals surface area contributed by atoms with Gasteiger partial charge in [0.25, 0.3) is 5.91 Å². The van der Waals surface area contributed by atoms with Crippen molar-refractivity contribution in [1.29, 1.82) is 0 Å². The van der Waals surface area contributed by atoms with E-state index >= 15 is 0 Å². The van der Waals surface area contributed by atoms with E-state index in [0.717, 1.165) is 5.39 Å². The van der Waals surface area contributed by atoms with Gasteiger partial charge in [0, 0.05) is 5.39 Å². The molecule has 31 heavy (non-hydrogen) atoms. The molecule has 7 nitrogen and oxygen atoms in total. The van der Waals surface area contributed by atoms with E-state index in [1.165, 1.54) is 23.3 Å². The number of phenolic OH excluding ortho intramolecular Hbond substituents is 1. The minimum Gasteiger partial charge on any atom is -0.508 e. The molecule has 0 bridgehead atoms. The fourth-order valence-corrected chi connectivity index (χ4v) is 3.85. The number of aliphatic hydroxyl groups excluding tert-OH is 1. The molecule has 7 heteroatoms. The van der Waals surface area contributed by atoms with Crippen LogP contribution < -0.4 is 0 Å². The third-order valence-corrected chi connectivity index (χ3v) is 5.31. The van der Waals surface area contributed by atoms with Gasteiger partial charge in [-0.3, -0.25) is 9.59 Å². The quantitative estimate of drug-likeness (QED) is 0.465. The van der Waals surface area contributed by atoms with Crippen molar-refractivity contribution in [2.75, 3.05) is 0 Å². The predicted molar refractivity (Wildman–Crippen MR) is 110 cm³/mol. The highest BCUT2D eigenvalue weighted by Crippen LogP contribution is 2.40. The van der Waals surface area contributed by atoms with Gasteiger partial charge in [0.1, 0.15) is 17.1 Å². The maximum Gasteiger partial charge on any atom is 0.290 e. The molecule has 2 aromatic heterocycles. The second-order valence-corrected chi connectivity index (χ2v) is 7.25. The molecular formula is C24H17NO6. The van der Waals surface area contributed by atoms with E-state index in [9.17, 15) is 19.8 Å². The Morgan fingerprint density at radius 1 is 1.00 bits per heavy atom. The number of nitrogens with zero attached hydrogens (tertiary/aromatic N) is 1. The van der Waals surface area contributed by atoms with Crippen molar-refractivity contribution in [2.24, 2.45) is 0 Å². The van der Waals surface area contributed by atoms with Gasteiger partial charge in [-0.25, -0.2) is 0 Å². The van der Waals surface area contributed by atoms with Crippen molar-refractivity contribution < 1.29 is 28.6 Å². The molecule has 2 N–H and O–H groups in total. The smallest absolute Gasteiger partial charge is 0.290 e. The zero-order chi connectivity index (χ0) is 21.5. The molecule has 1 aliphatic heterocycles. The van der Waals surface area contributed by atoms with Gasteiger partial charge in [-0.2, -0.15) is 0 Å². The first kappa shape index (κ1) is 18.7. The molecule has 1 aliphatic rings. The van der Waals surface area contributed by atoms with Gasteiger partial charge in [0.2, 0.25) is 5.78 Å². The van der Waals surface area contributed by atoms with Gasteiger partial charge in [0.15, 0.2) is 11.5 Å². The summed E-state index contributed by atoms with van der Waals surface area (Å²) in [7, 11) is 0. The molecule has 1 atom stereocenters. The first-order chi connectivity index (χ1) is 15.0. The maximum absolute atomic E-state index is 13.4. The monoisotopic (exact) mass is 415 g/mol. The molecule has 5 rings (SSSR count). The van der Waals surface area contributed by atoms with Crippen LogP contribution in [0, 0.1) is 0 Å². The zero-order valence-corrected chi connectivity index (χ0v) is 16.2. The lowest BCUT2D eigenvalue weighted by Gasteiger charge is -2.25. The summed E-state index contributed by atoms with van der Waals surface area (Å²) in [6, 6.07) is 17.4. The molecule has 0 saturated carbocycles. The van der Waals surface area contributed by atoms with Crippen LogP contribution in [0.2, 0.25) is 0 Å². The van der Waals surface area contributed by atoms with E-state index in [-0.39, 0.29) is 23.6 Å². The minimum atomic E-state index is -0.876. The van der Waals surface area contributed by atoms with Crippen molar-refractivity contribution in [2.45, 2.75) is 12.6 Å². The Bertz CT molecular complexity index is 1280. The Kier molecular flexibility index (Phi) is 4.36. The van der Waals surface area contributed by atoms with Crippen LogP contribution in [0.1, 0.15) is 27.9 Å². The second-order valence-electron chi connectivity index (χ2n) is 7.25. The van der Waals surface area contributed by atoms with Crippen LogP contribution in [-0.4, -0.2) is 26.8 Å². The summed E-state index contributed by atoms with van der Waals surface area (Å²) >= 11 is 0. The van der Waals surface area contributed by atoms with Crippen molar-refractivity contribution in [3.05, 3.63) is 101 Å². The number of rotatable bonds is 5. The van der Waals surface area contributed by atoms with Crippen LogP contribution in [0.5, 0.6) is 5.75 Å². The number of fused-ring (bicyclic) bond motifs is 1. The SMILES string of the molecule is O=C(C1=C(O)C(=O)N(Cc2ccco2)[C@H]1c1ccc(O)cc1)c1cc2ccccc2o1. The van der Waals surface area contributed by atoms with Gasteiger partial charge in [0.05, 0.1) is 24.4 Å². The Labute approximate surface area is 176 Å². The largest absolute Gasteiger partial charge is 0.508 e. The highest BCUT2D eigenvalue weighted by Gasteiger charge is 2.44. The number of carbonyl (C=O) groups excluding carboxylic acids is 2. The lowest BCUT2D eigenvalue weighted by atomic mass is 9.95. The number of furan rings is 2. The molecule has 1 amide bonds. The number of hydrogen-bond donors (Lipinski definition) is 2. The van der Waals surface area contributed by atoms with Gasteiger partial charge >= 0.3 is 0 Å². The van der Waals surface area contributed by atoms with E-state index in [0.29, 0.717) is 16.9 Å². The van der Waals surface area contributed by atoms with E-state index in [2.05, 4.69) is 0 Å². The standard InChI is InChI=1S/C24H17NO6/c26-16-9-7-14(8-10-16)21-20(22(27)19-12-15-4-1-2-6-18(15)31-19)23(28)24(29)25(21)13-17-5-3-11-30-17/h1-12,21,26,28H,13H2/t21-/m0/s1. The number of ketones is 1. The van der Waals surface area contributed by atoms with Crippen molar-refractivity contribution in [3.63, 3.8) is 0 Å². The van der Waals surface area contributed by atoms with Crippen molar-refractivity contribution in [1.82, 2.24) is 4.90 Å². The minimum absolute atomic E-state index is 0.0270. The fraction of sp³-hybridized carbons (Fsp3) is 0.0833. The summed E-state index contributed by atoms with van der Waals surface area (Å²) in [5.74, 6) is -1.32. The number of phenols is 1. The molecule has 0 saturated heterocycles. The van der Waals surface area contributed by atoms with Crippen LogP contribution in [0.15, 0.2) is 93.2 Å². The molecule has 0 spiro atoms. The molecule has 4 aromatic rings. The summed E-state index contributed by atoms with van der Waals surface area (Å²) in [5.41, 5.74) is 1.01. The lowest BCUT2D eigenvalue weighted by Crippen LogP contribution is -2.30. The Morgan fingerprint density at radius 3 is 2.48 bits per heavy atom. The molecule has 2 aromatic carbocycles. The number of Topliss-reactive ketones (excluding diaryl/α,β-unsaturated/α-hetero) is 1. The number of para-hydroxylation sites is 1. The number of carbonyl (C=O) groups is 2. The van der Waals surface area contributed by atoms with Crippen LogP contribution >= 0.6 is 0 Å². The molecule has 0 fully saturated rings. The summed E-state index contributed by atoms with van der Waals surface area (Å²) in [6.07, 6.45) is 1.49. The van der Waals surface area contributed by atoms with Crippen molar-refractivity contribution >= 4 is 22.7 Å². The number of hydrogen-bond acceptors (Lipinski definition) is 6. The lowest BCUT2D eigenvalue weighted by molar-refractivity contribution is -0.130. The topological polar surface area (TPSA) is 104 Å². The zero-order valence-electron chi connectivity index (χ0n) is 16.2. The molecule has 3 heterocycles. The average Bonchev–Trinajstić information content (AvgIpc) is 3.49. The van der Waals surface area contributed by atoms with Gasteiger partial charge < -0.3 is 23.9 Å². The normalized spacial score (nSPS) is 16.5. The maximum atomic E-state index is 13.4. The Hall–Kier alpha value is -4.26. The van der Waals surface area contributed by atoms with Gasteiger partial charge in [-0.1, -0.05) is 30.3 Å². The molecule has 154 valence electrons. The van der Waals surface area contributed by atoms with Gasteiger partial charge in [-0.15, -0.1) is 0 Å². The molecule has 0 radical (unpaired) electrons. The van der Waals surface area contributed by atoms with Crippen molar-refractivity contribution in [3.8, 4) is 5.75 Å². The molecule has 0 unspecified atom stereocenters. The highest BCUT2D eigenvalue weighted by atomic mass is 16.3. The molecular weight excluding hydrogens is 398 g/mol. The van der Waals surface area contributed by atoms with Crippen LogP contribution in [0.25, 0.3) is 11.0 Å². The van der Waals surface area contributed by atoms with E-state index in [1.54, 1.807) is 42.5 Å². The highest BCUT2D eigenvalue weighted by molar-refractivity contribution is 6.15. The number of benzene rings is 2. The first-order valence-corrected chi connectivity index (χ1v) is 9.61. The molecule has 0 aliphatic carbocycles. The number of aliphatic hydroxyl groups is 1. The van der Waals surface area contributed by atoms with Crippen LogP contribution in [0.4, 0.5) is 0 Å². The third-order valence-electron chi connectivity index (χ3n) is 5.31. The Morgan fingerprint density at radius 2 is 1.77 bits per heavy atom. The summed E-state index contributed by atoms with van der Waals surface area (Å²) in [6.45, 7) is 0.0539. The van der Waals surface area contributed by atoms with E-state index in [4.69, 9.17) is 8.83 Å². The second kappa shape index (κ2) is 7.21. The van der Waals surface area contributed by atoms with E-state index in [1.807, 2.05) is 12.1 Å². The average molecular weight is 415 g/mol. The van der Waals surface area contributed by atoms with Gasteiger partial charge in [-0.05, 0) is 42.0 Å². The number of amides is 1. The predicted octanol–water partition coefficient (Wildman–Crippen LogP) is 4.51.